The van der Waals surface area contributed by atoms with Gasteiger partial charge >= 0.3 is 0 Å². The first-order valence-corrected chi connectivity index (χ1v) is 10.8. The molecule has 1 atom stereocenters. The lowest BCUT2D eigenvalue weighted by Gasteiger charge is -2.34. The van der Waals surface area contributed by atoms with E-state index in [4.69, 9.17) is 0 Å². The molecule has 0 radical (unpaired) electrons. The molecule has 4 rings (SSSR count). The molecule has 0 saturated carbocycles. The van der Waals surface area contributed by atoms with Crippen molar-refractivity contribution in [3.63, 3.8) is 0 Å². The number of nitrogens with zero attached hydrogens (tertiary/aromatic N) is 3. The van der Waals surface area contributed by atoms with Crippen LogP contribution in [0.5, 0.6) is 0 Å². The number of hydrogen-bond acceptors (Lipinski definition) is 3. The Balaban J connectivity index is 1.21. The molecular weight excluding hydrogens is 334 g/mol. The number of rotatable bonds is 5. The Labute approximate surface area is 163 Å². The summed E-state index contributed by atoms with van der Waals surface area (Å²) in [6.07, 6.45) is 15.4. The van der Waals surface area contributed by atoms with Crippen LogP contribution in [-0.2, 0) is 11.3 Å². The summed E-state index contributed by atoms with van der Waals surface area (Å²) >= 11 is 0. The zero-order valence-electron chi connectivity index (χ0n) is 16.5. The highest BCUT2D eigenvalue weighted by Crippen LogP contribution is 2.33. The maximum Gasteiger partial charge on any atom is 0.226 e. The molecule has 1 amide bonds. The summed E-state index contributed by atoms with van der Waals surface area (Å²) in [5.41, 5.74) is 2.70. The highest BCUT2D eigenvalue weighted by molar-refractivity contribution is 5.79. The van der Waals surface area contributed by atoms with Crippen LogP contribution in [0.4, 0.5) is 0 Å². The first-order chi connectivity index (χ1) is 13.3. The second-order valence-corrected chi connectivity index (χ2v) is 8.65. The molecule has 0 bridgehead atoms. The van der Waals surface area contributed by atoms with Crippen LogP contribution in [0.25, 0.3) is 0 Å². The number of hydrogen-bond donors (Lipinski definition) is 0. The molecule has 1 unspecified atom stereocenters. The average molecular weight is 368 g/mol. The lowest BCUT2D eigenvalue weighted by atomic mass is 9.83. The van der Waals surface area contributed by atoms with Crippen LogP contribution in [0.1, 0.15) is 56.9 Å². The SMILES string of the molecule is O=C(CC1=CCCCC1)N1CCC(C2CCN(Cc3cccnc3)CC2)C1. The van der Waals surface area contributed by atoms with Crippen molar-refractivity contribution in [1.82, 2.24) is 14.8 Å². The molecule has 2 fully saturated rings. The van der Waals surface area contributed by atoms with Crippen LogP contribution in [0.2, 0.25) is 0 Å². The van der Waals surface area contributed by atoms with E-state index in [1.165, 1.54) is 62.8 Å². The van der Waals surface area contributed by atoms with Gasteiger partial charge in [0, 0.05) is 38.4 Å². The summed E-state index contributed by atoms with van der Waals surface area (Å²) in [6.45, 7) is 5.35. The topological polar surface area (TPSA) is 36.4 Å². The van der Waals surface area contributed by atoms with Crippen molar-refractivity contribution in [1.29, 1.82) is 0 Å². The lowest BCUT2D eigenvalue weighted by Crippen LogP contribution is -2.37. The normalized spacial score (nSPS) is 24.8. The van der Waals surface area contributed by atoms with Gasteiger partial charge in [0.15, 0.2) is 0 Å². The zero-order chi connectivity index (χ0) is 18.5. The Kier molecular flexibility index (Phi) is 6.23. The highest BCUT2D eigenvalue weighted by Gasteiger charge is 2.33. The maximum absolute atomic E-state index is 12.7. The number of allylic oxidation sites excluding steroid dienone is 1. The molecule has 3 heterocycles. The van der Waals surface area contributed by atoms with Gasteiger partial charge in [-0.05, 0) is 81.5 Å². The van der Waals surface area contributed by atoms with Gasteiger partial charge in [-0.25, -0.2) is 0 Å². The molecule has 27 heavy (non-hydrogen) atoms. The van der Waals surface area contributed by atoms with Crippen LogP contribution < -0.4 is 0 Å². The minimum absolute atomic E-state index is 0.375. The summed E-state index contributed by atoms with van der Waals surface area (Å²) in [7, 11) is 0. The van der Waals surface area contributed by atoms with E-state index in [1.54, 1.807) is 0 Å². The summed E-state index contributed by atoms with van der Waals surface area (Å²) in [5.74, 6) is 1.89. The van der Waals surface area contributed by atoms with Gasteiger partial charge in [-0.2, -0.15) is 0 Å². The molecule has 1 aromatic heterocycles. The van der Waals surface area contributed by atoms with Gasteiger partial charge in [0.1, 0.15) is 0 Å². The summed E-state index contributed by atoms with van der Waals surface area (Å²) in [4.78, 5) is 21.6. The first kappa shape index (κ1) is 18.7. The van der Waals surface area contributed by atoms with E-state index in [0.29, 0.717) is 12.3 Å². The molecule has 1 aromatic rings. The number of amides is 1. The van der Waals surface area contributed by atoms with Gasteiger partial charge in [0.05, 0.1) is 0 Å². The molecule has 4 nitrogen and oxygen atoms in total. The molecule has 2 saturated heterocycles. The first-order valence-electron chi connectivity index (χ1n) is 10.8. The number of piperidine rings is 1. The predicted octanol–water partition coefficient (Wildman–Crippen LogP) is 4.03. The molecule has 0 spiro atoms. The van der Waals surface area contributed by atoms with Crippen LogP contribution in [0.3, 0.4) is 0 Å². The Morgan fingerprint density at radius 3 is 2.70 bits per heavy atom. The van der Waals surface area contributed by atoms with Crippen LogP contribution in [0, 0.1) is 11.8 Å². The second kappa shape index (κ2) is 9.01. The van der Waals surface area contributed by atoms with Gasteiger partial charge in [0.25, 0.3) is 0 Å². The number of aromatic nitrogens is 1. The number of carbonyl (C=O) groups excluding carboxylic acids is 1. The van der Waals surface area contributed by atoms with Gasteiger partial charge in [0.2, 0.25) is 5.91 Å². The smallest absolute Gasteiger partial charge is 0.226 e. The predicted molar refractivity (Wildman–Crippen MR) is 108 cm³/mol. The largest absolute Gasteiger partial charge is 0.342 e. The van der Waals surface area contributed by atoms with Crippen molar-refractivity contribution >= 4 is 5.91 Å². The van der Waals surface area contributed by atoms with E-state index >= 15 is 0 Å². The Morgan fingerprint density at radius 2 is 1.96 bits per heavy atom. The fourth-order valence-corrected chi connectivity index (χ4v) is 5.10. The Bertz CT molecular complexity index is 649. The average Bonchev–Trinajstić information content (AvgIpc) is 3.21. The van der Waals surface area contributed by atoms with Gasteiger partial charge in [-0.15, -0.1) is 0 Å². The third-order valence-corrected chi connectivity index (χ3v) is 6.77. The molecule has 2 aliphatic heterocycles. The molecule has 0 aromatic carbocycles. The van der Waals surface area contributed by atoms with Crippen molar-refractivity contribution in [3.05, 3.63) is 41.7 Å². The quantitative estimate of drug-likeness (QED) is 0.737. The van der Waals surface area contributed by atoms with Gasteiger partial charge < -0.3 is 4.90 Å². The third-order valence-electron chi connectivity index (χ3n) is 6.77. The van der Waals surface area contributed by atoms with Crippen molar-refractivity contribution in [2.24, 2.45) is 11.8 Å². The minimum atomic E-state index is 0.375. The van der Waals surface area contributed by atoms with E-state index in [1.807, 2.05) is 18.5 Å². The fourth-order valence-electron chi connectivity index (χ4n) is 5.10. The van der Waals surface area contributed by atoms with Crippen molar-refractivity contribution < 1.29 is 4.79 Å². The van der Waals surface area contributed by atoms with E-state index in [9.17, 15) is 4.79 Å². The van der Waals surface area contributed by atoms with Gasteiger partial charge in [-0.3, -0.25) is 14.7 Å². The van der Waals surface area contributed by atoms with Crippen molar-refractivity contribution in [3.8, 4) is 0 Å². The fraction of sp³-hybridized carbons (Fsp3) is 0.652. The molecule has 1 aliphatic carbocycles. The molecular formula is C23H33N3O. The monoisotopic (exact) mass is 367 g/mol. The van der Waals surface area contributed by atoms with Crippen LogP contribution >= 0.6 is 0 Å². The Morgan fingerprint density at radius 1 is 1.11 bits per heavy atom. The molecule has 0 N–H and O–H groups in total. The van der Waals surface area contributed by atoms with Crippen molar-refractivity contribution in [2.75, 3.05) is 26.2 Å². The minimum Gasteiger partial charge on any atom is -0.342 e. The molecule has 146 valence electrons. The molecule has 4 heteroatoms. The standard InChI is InChI=1S/C23H33N3O/c27-23(15-19-5-2-1-3-6-19)26-14-10-22(18-26)21-8-12-25(13-9-21)17-20-7-4-11-24-16-20/h4-5,7,11,16,21-22H,1-3,6,8-10,12-15,17-18H2. The zero-order valence-corrected chi connectivity index (χ0v) is 16.5. The lowest BCUT2D eigenvalue weighted by molar-refractivity contribution is -0.129. The number of carbonyl (C=O) groups is 1. The Hall–Kier alpha value is -1.68. The van der Waals surface area contributed by atoms with E-state index in [-0.39, 0.29) is 0 Å². The van der Waals surface area contributed by atoms with E-state index in [0.717, 1.165) is 37.9 Å². The van der Waals surface area contributed by atoms with Crippen LogP contribution in [0.15, 0.2) is 36.2 Å². The van der Waals surface area contributed by atoms with E-state index in [2.05, 4.69) is 26.9 Å². The number of likely N-dealkylation sites (tertiary alicyclic amines) is 2. The number of pyridine rings is 1. The molecule has 3 aliphatic rings. The summed E-state index contributed by atoms with van der Waals surface area (Å²) in [6, 6.07) is 4.19. The van der Waals surface area contributed by atoms with Crippen LogP contribution in [-0.4, -0.2) is 46.9 Å². The van der Waals surface area contributed by atoms with Crippen molar-refractivity contribution in [2.45, 2.75) is 57.9 Å². The highest BCUT2D eigenvalue weighted by atomic mass is 16.2. The maximum atomic E-state index is 12.7. The van der Waals surface area contributed by atoms with Gasteiger partial charge in [-0.1, -0.05) is 17.7 Å². The summed E-state index contributed by atoms with van der Waals surface area (Å²) in [5, 5.41) is 0. The second-order valence-electron chi connectivity index (χ2n) is 8.65. The third kappa shape index (κ3) is 4.98. The van der Waals surface area contributed by atoms with E-state index < -0.39 is 0 Å². The summed E-state index contributed by atoms with van der Waals surface area (Å²) < 4.78 is 0.